The van der Waals surface area contributed by atoms with Gasteiger partial charge in [0.2, 0.25) is 6.79 Å². The van der Waals surface area contributed by atoms with Gasteiger partial charge in [-0.3, -0.25) is 9.69 Å². The van der Waals surface area contributed by atoms with E-state index in [2.05, 4.69) is 5.32 Å². The molecule has 3 amide bonds. The molecule has 0 spiro atoms. The highest BCUT2D eigenvalue weighted by atomic mass is 16.7. The number of nitrogens with zero attached hydrogens (tertiary/aromatic N) is 1. The molecular formula is C22H18N2O4. The van der Waals surface area contributed by atoms with E-state index >= 15 is 0 Å². The van der Waals surface area contributed by atoms with Gasteiger partial charge in [-0.2, -0.15) is 0 Å². The van der Waals surface area contributed by atoms with Crippen molar-refractivity contribution >= 4 is 22.7 Å². The van der Waals surface area contributed by atoms with E-state index in [1.54, 1.807) is 19.1 Å². The highest BCUT2D eigenvalue weighted by molar-refractivity contribution is 6.09. The Bertz CT molecular complexity index is 1120. The number of ether oxygens (including phenoxy) is 2. The summed E-state index contributed by atoms with van der Waals surface area (Å²) in [6.07, 6.45) is 0. The zero-order valence-electron chi connectivity index (χ0n) is 15.3. The van der Waals surface area contributed by atoms with Crippen molar-refractivity contribution in [3.05, 3.63) is 71.8 Å². The van der Waals surface area contributed by atoms with Crippen molar-refractivity contribution in [2.24, 2.45) is 0 Å². The van der Waals surface area contributed by atoms with Crippen LogP contribution in [0.2, 0.25) is 0 Å². The number of rotatable bonds is 3. The van der Waals surface area contributed by atoms with E-state index in [0.29, 0.717) is 11.5 Å². The van der Waals surface area contributed by atoms with Gasteiger partial charge in [0, 0.05) is 0 Å². The molecule has 140 valence electrons. The molecular weight excluding hydrogens is 356 g/mol. The molecule has 3 aromatic rings. The third kappa shape index (κ3) is 2.41. The number of imide groups is 1. The molecule has 2 aliphatic rings. The molecule has 0 aromatic heterocycles. The molecule has 0 aliphatic carbocycles. The van der Waals surface area contributed by atoms with Gasteiger partial charge in [-0.25, -0.2) is 4.79 Å². The van der Waals surface area contributed by atoms with Gasteiger partial charge < -0.3 is 14.8 Å². The molecule has 3 aromatic carbocycles. The molecule has 6 nitrogen and oxygen atoms in total. The molecule has 1 N–H and O–H groups in total. The fourth-order valence-electron chi connectivity index (χ4n) is 3.91. The Morgan fingerprint density at radius 3 is 2.68 bits per heavy atom. The van der Waals surface area contributed by atoms with Crippen LogP contribution < -0.4 is 14.8 Å². The molecule has 28 heavy (non-hydrogen) atoms. The van der Waals surface area contributed by atoms with Gasteiger partial charge >= 0.3 is 6.03 Å². The van der Waals surface area contributed by atoms with Crippen LogP contribution in [0.25, 0.3) is 10.8 Å². The number of nitrogens with one attached hydrogen (secondary N) is 1. The summed E-state index contributed by atoms with van der Waals surface area (Å²) in [6.45, 7) is 2.11. The van der Waals surface area contributed by atoms with Crippen molar-refractivity contribution < 1.29 is 19.1 Å². The Balaban J connectivity index is 1.50. The fraction of sp³-hybridized carbons (Fsp3) is 0.182. The highest BCUT2D eigenvalue weighted by Crippen LogP contribution is 2.36. The molecule has 2 aliphatic heterocycles. The lowest BCUT2D eigenvalue weighted by atomic mass is 9.88. The number of carbonyl (C=O) groups excluding carboxylic acids is 2. The van der Waals surface area contributed by atoms with E-state index in [1.165, 1.54) is 4.90 Å². The maximum atomic E-state index is 13.3. The van der Waals surface area contributed by atoms with Gasteiger partial charge in [-0.1, -0.05) is 48.5 Å². The summed E-state index contributed by atoms with van der Waals surface area (Å²) in [7, 11) is 0. The number of amides is 3. The van der Waals surface area contributed by atoms with E-state index < -0.39 is 11.6 Å². The Kier molecular flexibility index (Phi) is 3.55. The van der Waals surface area contributed by atoms with Gasteiger partial charge in [-0.05, 0) is 41.0 Å². The number of benzene rings is 3. The molecule has 1 fully saturated rings. The third-order valence-electron chi connectivity index (χ3n) is 5.38. The lowest BCUT2D eigenvalue weighted by molar-refractivity contribution is -0.131. The van der Waals surface area contributed by atoms with Crippen LogP contribution in [0.15, 0.2) is 60.7 Å². The number of hydrogen-bond donors (Lipinski definition) is 1. The molecule has 0 bridgehead atoms. The predicted octanol–water partition coefficient (Wildman–Crippen LogP) is 3.54. The molecule has 0 saturated carbocycles. The van der Waals surface area contributed by atoms with Crippen molar-refractivity contribution in [1.82, 2.24) is 10.2 Å². The number of carbonyl (C=O) groups is 2. The van der Waals surface area contributed by atoms with Crippen molar-refractivity contribution in [3.63, 3.8) is 0 Å². The van der Waals surface area contributed by atoms with Gasteiger partial charge in [0.15, 0.2) is 11.5 Å². The second kappa shape index (κ2) is 5.99. The van der Waals surface area contributed by atoms with Gasteiger partial charge in [0.25, 0.3) is 5.91 Å². The minimum absolute atomic E-state index is 0.168. The summed E-state index contributed by atoms with van der Waals surface area (Å²) in [5, 5.41) is 4.87. The second-order valence-electron chi connectivity index (χ2n) is 7.16. The van der Waals surface area contributed by atoms with E-state index in [-0.39, 0.29) is 19.2 Å². The standard InChI is InChI=1S/C22H18N2O4/c1-22(17-8-4-6-15-5-2-3-7-16(15)17)20(25)24(21(26)23-22)12-14-9-10-18-19(11-14)28-13-27-18/h2-11H,12-13H2,1H3,(H,23,26). The number of urea groups is 1. The van der Waals surface area contributed by atoms with Crippen molar-refractivity contribution in [1.29, 1.82) is 0 Å². The fourth-order valence-corrected chi connectivity index (χ4v) is 3.91. The zero-order valence-corrected chi connectivity index (χ0v) is 15.3. The normalized spacial score (nSPS) is 20.7. The largest absolute Gasteiger partial charge is 0.454 e. The second-order valence-corrected chi connectivity index (χ2v) is 7.16. The summed E-state index contributed by atoms with van der Waals surface area (Å²) in [6, 6.07) is 18.7. The molecule has 0 radical (unpaired) electrons. The van der Waals surface area contributed by atoms with Crippen LogP contribution in [-0.4, -0.2) is 23.6 Å². The molecule has 1 unspecified atom stereocenters. The first kappa shape index (κ1) is 16.6. The van der Waals surface area contributed by atoms with Crippen LogP contribution in [0.3, 0.4) is 0 Å². The van der Waals surface area contributed by atoms with Crippen LogP contribution in [0, 0.1) is 0 Å². The van der Waals surface area contributed by atoms with Gasteiger partial charge in [0.1, 0.15) is 5.54 Å². The quantitative estimate of drug-likeness (QED) is 0.712. The SMILES string of the molecule is CC1(c2cccc3ccccc23)NC(=O)N(Cc2ccc3c(c2)OCO3)C1=O. The van der Waals surface area contributed by atoms with E-state index in [0.717, 1.165) is 21.9 Å². The average Bonchev–Trinajstić information content (AvgIpc) is 3.26. The molecule has 2 heterocycles. The smallest absolute Gasteiger partial charge is 0.325 e. The summed E-state index contributed by atoms with van der Waals surface area (Å²) >= 11 is 0. The molecule has 1 saturated heterocycles. The van der Waals surface area contributed by atoms with Crippen LogP contribution in [0.4, 0.5) is 4.79 Å². The first-order chi connectivity index (χ1) is 13.6. The lowest BCUT2D eigenvalue weighted by Gasteiger charge is -2.24. The number of fused-ring (bicyclic) bond motifs is 2. The summed E-state index contributed by atoms with van der Waals surface area (Å²) in [5.41, 5.74) is 0.473. The Hall–Kier alpha value is -3.54. The maximum Gasteiger partial charge on any atom is 0.325 e. The first-order valence-electron chi connectivity index (χ1n) is 9.07. The monoisotopic (exact) mass is 374 g/mol. The Morgan fingerprint density at radius 2 is 1.79 bits per heavy atom. The van der Waals surface area contributed by atoms with Crippen molar-refractivity contribution in [3.8, 4) is 11.5 Å². The van der Waals surface area contributed by atoms with Crippen LogP contribution in [0.5, 0.6) is 11.5 Å². The van der Waals surface area contributed by atoms with E-state index in [1.807, 2.05) is 48.5 Å². The third-order valence-corrected chi connectivity index (χ3v) is 5.38. The topological polar surface area (TPSA) is 67.9 Å². The minimum Gasteiger partial charge on any atom is -0.454 e. The lowest BCUT2D eigenvalue weighted by Crippen LogP contribution is -2.41. The zero-order chi connectivity index (χ0) is 19.3. The van der Waals surface area contributed by atoms with Crippen LogP contribution >= 0.6 is 0 Å². The predicted molar refractivity (Wildman–Crippen MR) is 103 cm³/mol. The molecule has 6 heteroatoms. The van der Waals surface area contributed by atoms with Crippen LogP contribution in [0.1, 0.15) is 18.1 Å². The van der Waals surface area contributed by atoms with Gasteiger partial charge in [-0.15, -0.1) is 0 Å². The summed E-state index contributed by atoms with van der Waals surface area (Å²) in [5.74, 6) is 1.02. The minimum atomic E-state index is -1.12. The van der Waals surface area contributed by atoms with E-state index in [4.69, 9.17) is 9.47 Å². The van der Waals surface area contributed by atoms with Crippen LogP contribution in [-0.2, 0) is 16.9 Å². The Morgan fingerprint density at radius 1 is 1.00 bits per heavy atom. The van der Waals surface area contributed by atoms with E-state index in [9.17, 15) is 9.59 Å². The maximum absolute atomic E-state index is 13.3. The Labute approximate surface area is 161 Å². The molecule has 5 rings (SSSR count). The average molecular weight is 374 g/mol. The molecule has 1 atom stereocenters. The van der Waals surface area contributed by atoms with Gasteiger partial charge in [0.05, 0.1) is 6.54 Å². The van der Waals surface area contributed by atoms with Crippen molar-refractivity contribution in [2.75, 3.05) is 6.79 Å². The highest BCUT2D eigenvalue weighted by Gasteiger charge is 2.49. The summed E-state index contributed by atoms with van der Waals surface area (Å²) < 4.78 is 10.7. The number of hydrogen-bond acceptors (Lipinski definition) is 4. The summed E-state index contributed by atoms with van der Waals surface area (Å²) in [4.78, 5) is 27.2. The first-order valence-corrected chi connectivity index (χ1v) is 9.07. The van der Waals surface area contributed by atoms with Crippen molar-refractivity contribution in [2.45, 2.75) is 19.0 Å².